The van der Waals surface area contributed by atoms with Crippen molar-refractivity contribution >= 4 is 33.3 Å². The van der Waals surface area contributed by atoms with Gasteiger partial charge in [0.25, 0.3) is 5.56 Å². The Kier molecular flexibility index (Phi) is 4.65. The molecule has 0 aromatic carbocycles. The fourth-order valence-corrected chi connectivity index (χ4v) is 3.84. The molecule has 2 aromatic rings. The molecule has 0 aliphatic carbocycles. The van der Waals surface area contributed by atoms with Crippen molar-refractivity contribution in [2.45, 2.75) is 38.2 Å². The van der Waals surface area contributed by atoms with Crippen LogP contribution in [0.1, 0.15) is 29.6 Å². The van der Waals surface area contributed by atoms with Gasteiger partial charge in [-0.1, -0.05) is 6.92 Å². The van der Waals surface area contributed by atoms with Gasteiger partial charge in [-0.2, -0.15) is 11.8 Å². The molecule has 2 heterocycles. The second kappa shape index (κ2) is 6.07. The summed E-state index contributed by atoms with van der Waals surface area (Å²) in [4.78, 5) is 21.5. The molecule has 1 atom stereocenters. The quantitative estimate of drug-likeness (QED) is 0.889. The zero-order chi connectivity index (χ0) is 14.0. The van der Waals surface area contributed by atoms with Crippen LogP contribution in [0.4, 0.5) is 0 Å². The van der Waals surface area contributed by atoms with Crippen molar-refractivity contribution in [3.8, 4) is 0 Å². The molecule has 0 saturated heterocycles. The first-order valence-electron chi connectivity index (χ1n) is 6.33. The SMILES string of the molecule is Cc1sc2nc(CSC(C)CCN)[nH]c(=O)c2c1C. The molecule has 19 heavy (non-hydrogen) atoms. The smallest absolute Gasteiger partial charge is 0.259 e. The molecular weight excluding hydrogens is 278 g/mol. The van der Waals surface area contributed by atoms with E-state index >= 15 is 0 Å². The fraction of sp³-hybridized carbons (Fsp3) is 0.538. The van der Waals surface area contributed by atoms with E-state index in [1.165, 1.54) is 0 Å². The highest BCUT2D eigenvalue weighted by atomic mass is 32.2. The summed E-state index contributed by atoms with van der Waals surface area (Å²) in [6, 6.07) is 0. The monoisotopic (exact) mass is 297 g/mol. The standard InChI is InChI=1S/C13H19N3OS2/c1-7(4-5-14)18-6-10-15-12(17)11-8(2)9(3)19-13(11)16-10/h7H,4-6,14H2,1-3H3,(H,15,16,17). The first kappa shape index (κ1) is 14.6. The average Bonchev–Trinajstić information content (AvgIpc) is 2.63. The molecule has 2 aromatic heterocycles. The normalized spacial score (nSPS) is 13.1. The Hall–Kier alpha value is -0.850. The summed E-state index contributed by atoms with van der Waals surface area (Å²) in [5.74, 6) is 1.48. The van der Waals surface area contributed by atoms with Crippen molar-refractivity contribution in [2.75, 3.05) is 6.54 Å². The number of thioether (sulfide) groups is 1. The van der Waals surface area contributed by atoms with Gasteiger partial charge in [-0.15, -0.1) is 11.3 Å². The lowest BCUT2D eigenvalue weighted by Gasteiger charge is -2.08. The minimum atomic E-state index is -0.0195. The molecule has 1 unspecified atom stereocenters. The van der Waals surface area contributed by atoms with E-state index in [1.807, 2.05) is 13.8 Å². The van der Waals surface area contributed by atoms with Gasteiger partial charge in [0.15, 0.2) is 0 Å². The summed E-state index contributed by atoms with van der Waals surface area (Å²) in [6.07, 6.45) is 0.981. The summed E-state index contributed by atoms with van der Waals surface area (Å²) in [6.45, 7) is 6.84. The number of thiophene rings is 1. The average molecular weight is 297 g/mol. The fourth-order valence-electron chi connectivity index (χ4n) is 1.91. The van der Waals surface area contributed by atoms with Gasteiger partial charge in [-0.3, -0.25) is 4.79 Å². The van der Waals surface area contributed by atoms with E-state index < -0.39 is 0 Å². The molecule has 0 aliphatic rings. The van der Waals surface area contributed by atoms with Crippen LogP contribution >= 0.6 is 23.1 Å². The van der Waals surface area contributed by atoms with Crippen LogP contribution in [-0.4, -0.2) is 21.8 Å². The van der Waals surface area contributed by atoms with E-state index in [4.69, 9.17) is 5.73 Å². The van der Waals surface area contributed by atoms with Crippen LogP contribution in [0.5, 0.6) is 0 Å². The van der Waals surface area contributed by atoms with Crippen LogP contribution in [0.2, 0.25) is 0 Å². The Morgan fingerprint density at radius 2 is 2.21 bits per heavy atom. The molecule has 0 bridgehead atoms. The molecular formula is C13H19N3OS2. The Labute approximate surface area is 120 Å². The maximum atomic E-state index is 12.1. The van der Waals surface area contributed by atoms with Crippen molar-refractivity contribution in [3.05, 3.63) is 26.6 Å². The highest BCUT2D eigenvalue weighted by Crippen LogP contribution is 2.26. The minimum absolute atomic E-state index is 0.0195. The zero-order valence-corrected chi connectivity index (χ0v) is 13.1. The van der Waals surface area contributed by atoms with Crippen LogP contribution in [-0.2, 0) is 5.75 Å². The van der Waals surface area contributed by atoms with Gasteiger partial charge in [-0.25, -0.2) is 4.98 Å². The van der Waals surface area contributed by atoms with E-state index in [1.54, 1.807) is 23.1 Å². The van der Waals surface area contributed by atoms with Crippen LogP contribution in [0, 0.1) is 13.8 Å². The van der Waals surface area contributed by atoms with E-state index in [-0.39, 0.29) is 5.56 Å². The second-order valence-electron chi connectivity index (χ2n) is 4.67. The van der Waals surface area contributed by atoms with E-state index in [0.29, 0.717) is 11.8 Å². The number of hydrogen-bond acceptors (Lipinski definition) is 5. The minimum Gasteiger partial charge on any atom is -0.330 e. The number of H-pyrrole nitrogens is 1. The molecule has 3 N–H and O–H groups in total. The van der Waals surface area contributed by atoms with Gasteiger partial charge >= 0.3 is 0 Å². The first-order valence-corrected chi connectivity index (χ1v) is 8.20. The van der Waals surface area contributed by atoms with Crippen molar-refractivity contribution in [2.24, 2.45) is 5.73 Å². The van der Waals surface area contributed by atoms with Crippen LogP contribution in [0.25, 0.3) is 10.2 Å². The third-order valence-corrected chi connectivity index (χ3v) is 5.51. The van der Waals surface area contributed by atoms with Gasteiger partial charge in [0.2, 0.25) is 0 Å². The van der Waals surface area contributed by atoms with Crippen LogP contribution < -0.4 is 11.3 Å². The number of aryl methyl sites for hydroxylation is 2. The number of aromatic nitrogens is 2. The Morgan fingerprint density at radius 1 is 1.47 bits per heavy atom. The molecule has 0 saturated carbocycles. The molecule has 4 nitrogen and oxygen atoms in total. The van der Waals surface area contributed by atoms with Crippen LogP contribution in [0.3, 0.4) is 0 Å². The molecule has 0 amide bonds. The van der Waals surface area contributed by atoms with Gasteiger partial charge in [0.05, 0.1) is 11.1 Å². The number of nitrogens with zero attached hydrogens (tertiary/aromatic N) is 1. The number of rotatable bonds is 5. The summed E-state index contributed by atoms with van der Waals surface area (Å²) in [5, 5.41) is 1.23. The molecule has 0 aliphatic heterocycles. The topological polar surface area (TPSA) is 71.8 Å². The van der Waals surface area contributed by atoms with E-state index in [9.17, 15) is 4.79 Å². The van der Waals surface area contributed by atoms with Crippen molar-refractivity contribution in [1.82, 2.24) is 9.97 Å². The molecule has 2 rings (SSSR count). The Balaban J connectivity index is 2.24. The first-order chi connectivity index (χ1) is 9.02. The van der Waals surface area contributed by atoms with Gasteiger partial charge < -0.3 is 10.7 Å². The highest BCUT2D eigenvalue weighted by molar-refractivity contribution is 7.99. The lowest BCUT2D eigenvalue weighted by Crippen LogP contribution is -2.12. The molecule has 6 heteroatoms. The summed E-state index contributed by atoms with van der Waals surface area (Å²) in [5.41, 5.74) is 6.56. The van der Waals surface area contributed by atoms with Gasteiger partial charge in [0, 0.05) is 10.1 Å². The largest absolute Gasteiger partial charge is 0.330 e. The lowest BCUT2D eigenvalue weighted by molar-refractivity contribution is 0.821. The van der Waals surface area contributed by atoms with E-state index in [2.05, 4.69) is 16.9 Å². The van der Waals surface area contributed by atoms with Crippen molar-refractivity contribution < 1.29 is 0 Å². The molecule has 104 valence electrons. The Bertz CT molecular complexity index is 633. The number of nitrogens with one attached hydrogen (secondary N) is 1. The maximum Gasteiger partial charge on any atom is 0.259 e. The summed E-state index contributed by atoms with van der Waals surface area (Å²) < 4.78 is 0. The summed E-state index contributed by atoms with van der Waals surface area (Å²) in [7, 11) is 0. The lowest BCUT2D eigenvalue weighted by atomic mass is 10.2. The highest BCUT2D eigenvalue weighted by Gasteiger charge is 2.12. The predicted molar refractivity (Wildman–Crippen MR) is 84.1 cm³/mol. The molecule has 0 fully saturated rings. The van der Waals surface area contributed by atoms with Gasteiger partial charge in [-0.05, 0) is 32.4 Å². The number of nitrogens with two attached hydrogens (primary N) is 1. The number of fused-ring (bicyclic) bond motifs is 1. The molecule has 0 spiro atoms. The third kappa shape index (κ3) is 3.19. The van der Waals surface area contributed by atoms with Gasteiger partial charge in [0.1, 0.15) is 10.7 Å². The second-order valence-corrected chi connectivity index (χ2v) is 7.30. The summed E-state index contributed by atoms with van der Waals surface area (Å²) >= 11 is 3.37. The van der Waals surface area contributed by atoms with Crippen molar-refractivity contribution in [3.63, 3.8) is 0 Å². The molecule has 0 radical (unpaired) electrons. The number of aromatic amines is 1. The predicted octanol–water partition coefficient (Wildman–Crippen LogP) is 2.57. The maximum absolute atomic E-state index is 12.1. The van der Waals surface area contributed by atoms with E-state index in [0.717, 1.165) is 38.7 Å². The zero-order valence-electron chi connectivity index (χ0n) is 11.4. The Morgan fingerprint density at radius 3 is 2.89 bits per heavy atom. The van der Waals surface area contributed by atoms with Crippen LogP contribution in [0.15, 0.2) is 4.79 Å². The third-order valence-electron chi connectivity index (χ3n) is 3.17. The van der Waals surface area contributed by atoms with Crippen molar-refractivity contribution in [1.29, 1.82) is 0 Å². The number of hydrogen-bond donors (Lipinski definition) is 2.